The van der Waals surface area contributed by atoms with Crippen molar-refractivity contribution in [2.24, 2.45) is 0 Å². The lowest BCUT2D eigenvalue weighted by atomic mass is 10.2. The van der Waals surface area contributed by atoms with E-state index in [2.05, 4.69) is 9.97 Å². The van der Waals surface area contributed by atoms with E-state index in [9.17, 15) is 9.90 Å². The summed E-state index contributed by atoms with van der Waals surface area (Å²) in [6, 6.07) is 0. The zero-order valence-corrected chi connectivity index (χ0v) is 12.4. The molecule has 0 radical (unpaired) electrons. The molecule has 5 N–H and O–H groups in total. The lowest BCUT2D eigenvalue weighted by Crippen LogP contribution is -2.24. The fourth-order valence-electron chi connectivity index (χ4n) is 2.40. The Morgan fingerprint density at radius 1 is 1.65 bits per heavy atom. The number of nitrogen functional groups attached to an aromatic ring is 1. The monoisotopic (exact) mass is 392 g/mol. The molecule has 0 aromatic carbocycles. The first-order valence-electron chi connectivity index (χ1n) is 6.01. The molecule has 8 nitrogen and oxygen atoms in total. The van der Waals surface area contributed by atoms with Crippen molar-refractivity contribution in [2.45, 2.75) is 24.9 Å². The Kier molecular flexibility index (Phi) is 3.44. The summed E-state index contributed by atoms with van der Waals surface area (Å²) in [4.78, 5) is 18.5. The van der Waals surface area contributed by atoms with Crippen molar-refractivity contribution < 1.29 is 14.9 Å². The SMILES string of the molecule is Nc1nc2c(c(I)cn2[C@H]2C[C@@H](O)[C@@H](CO)O2)c(=O)[nH]1. The van der Waals surface area contributed by atoms with Gasteiger partial charge in [-0.2, -0.15) is 4.98 Å². The third kappa shape index (κ3) is 2.10. The highest BCUT2D eigenvalue weighted by Crippen LogP contribution is 2.32. The predicted molar refractivity (Wildman–Crippen MR) is 79.1 cm³/mol. The number of H-pyrrole nitrogens is 1. The number of nitrogens with zero attached hydrogens (tertiary/aromatic N) is 2. The number of aromatic nitrogens is 3. The van der Waals surface area contributed by atoms with Crippen LogP contribution in [0.5, 0.6) is 0 Å². The van der Waals surface area contributed by atoms with E-state index in [0.29, 0.717) is 17.5 Å². The molecule has 3 atom stereocenters. The van der Waals surface area contributed by atoms with Crippen molar-refractivity contribution >= 4 is 39.6 Å². The Bertz CT molecular complexity index is 712. The van der Waals surface area contributed by atoms with Gasteiger partial charge in [0, 0.05) is 16.2 Å². The first-order valence-corrected chi connectivity index (χ1v) is 7.09. The van der Waals surface area contributed by atoms with Crippen LogP contribution >= 0.6 is 22.6 Å². The predicted octanol–water partition coefficient (Wildman–Crippen LogP) is -0.448. The number of hydrogen-bond acceptors (Lipinski definition) is 6. The zero-order chi connectivity index (χ0) is 14.4. The molecule has 3 heterocycles. The molecule has 0 amide bonds. The van der Waals surface area contributed by atoms with Gasteiger partial charge in [-0.25, -0.2) is 0 Å². The maximum Gasteiger partial charge on any atom is 0.262 e. The van der Waals surface area contributed by atoms with E-state index in [4.69, 9.17) is 15.6 Å². The van der Waals surface area contributed by atoms with Crippen LogP contribution in [-0.2, 0) is 4.74 Å². The average Bonchev–Trinajstić information content (AvgIpc) is 2.90. The van der Waals surface area contributed by atoms with Crippen LogP contribution in [0.3, 0.4) is 0 Å². The maximum atomic E-state index is 11.9. The molecule has 2 aromatic heterocycles. The smallest absolute Gasteiger partial charge is 0.262 e. The summed E-state index contributed by atoms with van der Waals surface area (Å²) in [6.45, 7) is -0.260. The second kappa shape index (κ2) is 4.98. The summed E-state index contributed by atoms with van der Waals surface area (Å²) in [7, 11) is 0. The molecule has 1 aliphatic rings. The van der Waals surface area contributed by atoms with Gasteiger partial charge in [0.1, 0.15) is 12.3 Å². The van der Waals surface area contributed by atoms with Crippen LogP contribution in [0.25, 0.3) is 11.0 Å². The van der Waals surface area contributed by atoms with Gasteiger partial charge in [0.2, 0.25) is 5.95 Å². The largest absolute Gasteiger partial charge is 0.394 e. The lowest BCUT2D eigenvalue weighted by molar-refractivity contribution is -0.0430. The molecule has 1 saturated heterocycles. The molecule has 0 spiro atoms. The summed E-state index contributed by atoms with van der Waals surface area (Å²) >= 11 is 2.03. The number of aromatic amines is 1. The van der Waals surface area contributed by atoms with E-state index in [-0.39, 0.29) is 18.1 Å². The molecule has 0 aliphatic carbocycles. The van der Waals surface area contributed by atoms with Crippen LogP contribution in [0.1, 0.15) is 12.6 Å². The van der Waals surface area contributed by atoms with E-state index >= 15 is 0 Å². The van der Waals surface area contributed by atoms with E-state index in [1.54, 1.807) is 10.8 Å². The summed E-state index contributed by atoms with van der Waals surface area (Å²) in [5, 5.41) is 19.4. The van der Waals surface area contributed by atoms with Crippen LogP contribution in [0, 0.1) is 3.57 Å². The van der Waals surface area contributed by atoms with Crippen molar-refractivity contribution in [1.29, 1.82) is 0 Å². The Labute approximate surface area is 126 Å². The number of ether oxygens (including phenoxy) is 1. The number of aliphatic hydroxyl groups excluding tert-OH is 2. The highest BCUT2D eigenvalue weighted by Gasteiger charge is 2.35. The Balaban J connectivity index is 2.11. The molecule has 9 heteroatoms. The van der Waals surface area contributed by atoms with Gasteiger partial charge in [-0.3, -0.25) is 9.78 Å². The molecule has 108 valence electrons. The van der Waals surface area contributed by atoms with Gasteiger partial charge in [-0.1, -0.05) is 0 Å². The summed E-state index contributed by atoms with van der Waals surface area (Å²) < 4.78 is 7.96. The molecule has 0 unspecified atom stereocenters. The van der Waals surface area contributed by atoms with E-state index in [1.807, 2.05) is 22.6 Å². The third-order valence-electron chi connectivity index (χ3n) is 3.35. The van der Waals surface area contributed by atoms with Crippen LogP contribution in [0.4, 0.5) is 5.95 Å². The number of rotatable bonds is 2. The van der Waals surface area contributed by atoms with Gasteiger partial charge in [0.05, 0.1) is 18.1 Å². The number of fused-ring (bicyclic) bond motifs is 1. The number of halogens is 1. The highest BCUT2D eigenvalue weighted by atomic mass is 127. The molecule has 0 bridgehead atoms. The molecule has 3 rings (SSSR count). The quantitative estimate of drug-likeness (QED) is 0.513. The Morgan fingerprint density at radius 2 is 2.40 bits per heavy atom. The molecular formula is C11H13IN4O4. The number of anilines is 1. The van der Waals surface area contributed by atoms with Crippen molar-refractivity contribution in [3.8, 4) is 0 Å². The highest BCUT2D eigenvalue weighted by molar-refractivity contribution is 14.1. The van der Waals surface area contributed by atoms with Crippen LogP contribution < -0.4 is 11.3 Å². The van der Waals surface area contributed by atoms with Gasteiger partial charge in [0.15, 0.2) is 5.65 Å². The van der Waals surface area contributed by atoms with Gasteiger partial charge < -0.3 is 25.3 Å². The number of aliphatic hydroxyl groups is 2. The molecule has 20 heavy (non-hydrogen) atoms. The molecule has 1 aliphatic heterocycles. The minimum absolute atomic E-state index is 0.0236. The Morgan fingerprint density at radius 3 is 3.05 bits per heavy atom. The molecule has 1 fully saturated rings. The fourth-order valence-corrected chi connectivity index (χ4v) is 3.18. The standard InChI is InChI=1S/C11H13IN4O4/c12-4-2-16(7-1-5(18)6(3-17)20-7)9-8(4)10(19)15-11(13)14-9/h2,5-7,17-18H,1,3H2,(H3,13,14,15,19)/t5-,6-,7-/m1/s1. The normalized spacial score (nSPS) is 26.4. The van der Waals surface area contributed by atoms with Gasteiger partial charge in [-0.15, -0.1) is 0 Å². The molecule has 2 aromatic rings. The topological polar surface area (TPSA) is 126 Å². The zero-order valence-electron chi connectivity index (χ0n) is 10.3. The second-order valence-corrected chi connectivity index (χ2v) is 5.81. The summed E-state index contributed by atoms with van der Waals surface area (Å²) in [6.07, 6.45) is 0.180. The second-order valence-electron chi connectivity index (χ2n) is 4.65. The first kappa shape index (κ1) is 13.8. The number of nitrogens with two attached hydrogens (primary N) is 1. The van der Waals surface area contributed by atoms with Crippen molar-refractivity contribution in [3.05, 3.63) is 20.1 Å². The van der Waals surface area contributed by atoms with E-state index in [0.717, 1.165) is 3.57 Å². The fraction of sp³-hybridized carbons (Fsp3) is 0.455. The van der Waals surface area contributed by atoms with Crippen molar-refractivity contribution in [3.63, 3.8) is 0 Å². The third-order valence-corrected chi connectivity index (χ3v) is 4.17. The number of nitrogens with one attached hydrogen (secondary N) is 1. The first-order chi connectivity index (χ1) is 9.51. The van der Waals surface area contributed by atoms with Crippen molar-refractivity contribution in [1.82, 2.24) is 14.5 Å². The minimum atomic E-state index is -0.751. The summed E-state index contributed by atoms with van der Waals surface area (Å²) in [5.41, 5.74) is 5.67. The van der Waals surface area contributed by atoms with Gasteiger partial charge in [0.25, 0.3) is 5.56 Å². The minimum Gasteiger partial charge on any atom is -0.394 e. The summed E-state index contributed by atoms with van der Waals surface area (Å²) in [5.74, 6) is 0.0236. The Hall–Kier alpha value is -1.17. The van der Waals surface area contributed by atoms with Crippen molar-refractivity contribution in [2.75, 3.05) is 12.3 Å². The van der Waals surface area contributed by atoms with Gasteiger partial charge >= 0.3 is 0 Å². The van der Waals surface area contributed by atoms with Crippen LogP contribution in [0.15, 0.2) is 11.0 Å². The van der Waals surface area contributed by atoms with Crippen LogP contribution in [-0.4, -0.2) is 43.6 Å². The maximum absolute atomic E-state index is 11.9. The average molecular weight is 392 g/mol. The van der Waals surface area contributed by atoms with E-state index < -0.39 is 18.4 Å². The molecule has 0 saturated carbocycles. The van der Waals surface area contributed by atoms with Gasteiger partial charge in [-0.05, 0) is 22.6 Å². The lowest BCUT2D eigenvalue weighted by Gasteiger charge is -2.14. The van der Waals surface area contributed by atoms with Crippen LogP contribution in [0.2, 0.25) is 0 Å². The number of hydrogen-bond donors (Lipinski definition) is 4. The molecular weight excluding hydrogens is 379 g/mol. The van der Waals surface area contributed by atoms with E-state index in [1.165, 1.54) is 0 Å².